The van der Waals surface area contributed by atoms with Gasteiger partial charge in [0, 0.05) is 34.9 Å². The molecule has 0 unspecified atom stereocenters. The van der Waals surface area contributed by atoms with Gasteiger partial charge in [0.2, 0.25) is 5.91 Å². The highest BCUT2D eigenvalue weighted by Crippen LogP contribution is 2.34. The topological polar surface area (TPSA) is 187 Å². The Morgan fingerprint density at radius 2 is 1.21 bits per heavy atom. The van der Waals surface area contributed by atoms with Crippen molar-refractivity contribution in [3.63, 3.8) is 0 Å². The minimum Gasteiger partial charge on any atom is -0.492 e. The SMILES string of the molecule is O=C(O)[C@@H](Oc1cccc(OCCN(Cc2cccc(S[C@H](C(=O)O)[C@@H]3CCNC3)c2)C(=O)Cc2cccc(S[C@H](C(=O)O)[C@@H]3CCNC3)c2)c1)[C@@H]1CCNC1. The molecule has 6 atom stereocenters. The van der Waals surface area contributed by atoms with E-state index in [0.717, 1.165) is 53.4 Å². The Morgan fingerprint density at radius 3 is 1.77 bits per heavy atom. The Morgan fingerprint density at radius 1 is 0.679 bits per heavy atom. The Balaban J connectivity index is 1.15. The first-order valence-corrected chi connectivity index (χ1v) is 20.9. The molecule has 3 aromatic rings. The summed E-state index contributed by atoms with van der Waals surface area (Å²) in [6, 6.07) is 21.9. The molecule has 300 valence electrons. The number of nitrogens with zero attached hydrogens (tertiary/aromatic N) is 1. The third kappa shape index (κ3) is 11.6. The van der Waals surface area contributed by atoms with E-state index in [4.69, 9.17) is 9.47 Å². The summed E-state index contributed by atoms with van der Waals surface area (Å²) in [4.78, 5) is 53.8. The van der Waals surface area contributed by atoms with Crippen molar-refractivity contribution in [2.24, 2.45) is 17.8 Å². The van der Waals surface area contributed by atoms with Crippen molar-refractivity contribution >= 4 is 47.3 Å². The molecule has 3 saturated heterocycles. The van der Waals surface area contributed by atoms with Gasteiger partial charge in [0.05, 0.1) is 13.0 Å². The number of thioether (sulfide) groups is 2. The summed E-state index contributed by atoms with van der Waals surface area (Å²) in [5.41, 5.74) is 1.60. The van der Waals surface area contributed by atoms with Crippen LogP contribution in [0.3, 0.4) is 0 Å². The molecule has 3 heterocycles. The zero-order valence-corrected chi connectivity index (χ0v) is 32.8. The van der Waals surface area contributed by atoms with Crippen LogP contribution in [0, 0.1) is 17.8 Å². The summed E-state index contributed by atoms with van der Waals surface area (Å²) >= 11 is 2.64. The summed E-state index contributed by atoms with van der Waals surface area (Å²) in [6.07, 6.45) is 1.40. The number of ether oxygens (including phenoxy) is 2. The van der Waals surface area contributed by atoms with Gasteiger partial charge < -0.3 is 45.6 Å². The van der Waals surface area contributed by atoms with Gasteiger partial charge in [-0.15, -0.1) is 23.5 Å². The molecule has 0 aliphatic carbocycles. The van der Waals surface area contributed by atoms with Crippen molar-refractivity contribution in [1.29, 1.82) is 0 Å². The van der Waals surface area contributed by atoms with Crippen LogP contribution in [-0.2, 0) is 32.1 Å². The minimum atomic E-state index is -1.02. The molecule has 6 N–H and O–H groups in total. The molecule has 3 aliphatic heterocycles. The Hall–Kier alpha value is -4.28. The van der Waals surface area contributed by atoms with Crippen molar-refractivity contribution in [2.75, 3.05) is 52.4 Å². The highest BCUT2D eigenvalue weighted by atomic mass is 32.2. The zero-order chi connectivity index (χ0) is 39.4. The maximum atomic E-state index is 14.1. The lowest BCUT2D eigenvalue weighted by Crippen LogP contribution is -2.36. The Kier molecular flexibility index (Phi) is 14.9. The fourth-order valence-corrected chi connectivity index (χ4v) is 9.84. The second kappa shape index (κ2) is 20.2. The lowest BCUT2D eigenvalue weighted by Gasteiger charge is -2.24. The average Bonchev–Trinajstić information content (AvgIpc) is 4.00. The van der Waals surface area contributed by atoms with Crippen LogP contribution in [0.5, 0.6) is 11.5 Å². The van der Waals surface area contributed by atoms with Crippen LogP contribution < -0.4 is 25.4 Å². The fraction of sp³-hybridized carbons (Fsp3) is 0.463. The van der Waals surface area contributed by atoms with E-state index in [1.165, 1.54) is 23.5 Å². The molecular formula is C41H50N4O9S2. The summed E-state index contributed by atoms with van der Waals surface area (Å²) in [6.45, 7) is 4.84. The van der Waals surface area contributed by atoms with Gasteiger partial charge in [0.25, 0.3) is 0 Å². The number of benzene rings is 3. The van der Waals surface area contributed by atoms with Crippen molar-refractivity contribution in [3.05, 3.63) is 83.9 Å². The van der Waals surface area contributed by atoms with Gasteiger partial charge in [-0.05, 0) is 111 Å². The van der Waals surface area contributed by atoms with E-state index >= 15 is 0 Å². The first kappa shape index (κ1) is 41.4. The second-order valence-electron chi connectivity index (χ2n) is 14.5. The van der Waals surface area contributed by atoms with E-state index in [2.05, 4.69) is 16.0 Å². The number of amides is 1. The summed E-state index contributed by atoms with van der Waals surface area (Å²) in [5.74, 6) is -2.14. The maximum Gasteiger partial charge on any atom is 0.345 e. The van der Waals surface area contributed by atoms with Crippen LogP contribution in [0.2, 0.25) is 0 Å². The third-order valence-corrected chi connectivity index (χ3v) is 13.1. The molecule has 3 aromatic carbocycles. The number of hydrogen-bond acceptors (Lipinski definition) is 11. The van der Waals surface area contributed by atoms with Crippen molar-refractivity contribution in [1.82, 2.24) is 20.9 Å². The third-order valence-electron chi connectivity index (χ3n) is 10.4. The van der Waals surface area contributed by atoms with Gasteiger partial charge >= 0.3 is 17.9 Å². The maximum absolute atomic E-state index is 14.1. The number of carboxylic acids is 3. The van der Waals surface area contributed by atoms with E-state index in [-0.39, 0.29) is 49.8 Å². The van der Waals surface area contributed by atoms with Gasteiger partial charge in [-0.1, -0.05) is 30.3 Å². The summed E-state index contributed by atoms with van der Waals surface area (Å²) < 4.78 is 12.0. The summed E-state index contributed by atoms with van der Waals surface area (Å²) in [5, 5.41) is 38.3. The quantitative estimate of drug-likeness (QED) is 0.0897. The molecule has 56 heavy (non-hydrogen) atoms. The van der Waals surface area contributed by atoms with Crippen LogP contribution in [0.4, 0.5) is 0 Å². The van der Waals surface area contributed by atoms with Crippen LogP contribution in [0.1, 0.15) is 30.4 Å². The molecule has 0 spiro atoms. The predicted molar refractivity (Wildman–Crippen MR) is 213 cm³/mol. The van der Waals surface area contributed by atoms with Crippen LogP contribution in [0.25, 0.3) is 0 Å². The first-order chi connectivity index (χ1) is 27.1. The number of aliphatic carboxylic acids is 3. The molecule has 6 rings (SSSR count). The highest BCUT2D eigenvalue weighted by Gasteiger charge is 2.34. The van der Waals surface area contributed by atoms with Gasteiger partial charge in [-0.3, -0.25) is 14.4 Å². The lowest BCUT2D eigenvalue weighted by molar-refractivity contribution is -0.147. The number of nitrogens with one attached hydrogen (secondary N) is 3. The molecule has 3 fully saturated rings. The van der Waals surface area contributed by atoms with Gasteiger partial charge in [0.15, 0.2) is 6.10 Å². The Bertz CT molecular complexity index is 1810. The molecule has 3 aliphatic rings. The van der Waals surface area contributed by atoms with E-state index in [0.29, 0.717) is 37.6 Å². The van der Waals surface area contributed by atoms with E-state index in [9.17, 15) is 34.5 Å². The highest BCUT2D eigenvalue weighted by molar-refractivity contribution is 8.00. The van der Waals surface area contributed by atoms with Crippen molar-refractivity contribution < 1.29 is 44.0 Å². The van der Waals surface area contributed by atoms with Crippen LogP contribution >= 0.6 is 23.5 Å². The number of hydrogen-bond donors (Lipinski definition) is 6. The standard InChI is InChI=1S/C41H50N4O9S2/c46-35(20-26-4-1-8-33(18-26)55-37(40(49)50)29-11-14-43-23-29)45(25-27-5-2-9-34(19-27)56-38(41(51)52)30-12-15-44-24-30)16-17-53-31-6-3-7-32(21-31)54-36(39(47)48)28-10-13-42-22-28/h1-9,18-19,21,28-30,36-38,42-44H,10-17,20,22-25H2,(H,47,48)(H,49,50)(H,51,52)/t28-,29-,30-,36+,37+,38+/m1/s1. The molecule has 0 bridgehead atoms. The number of carboxylic acid groups (broad SMARTS) is 3. The molecule has 1 amide bonds. The Labute approximate surface area is 335 Å². The van der Waals surface area contributed by atoms with Gasteiger partial charge in [0.1, 0.15) is 28.6 Å². The summed E-state index contributed by atoms with van der Waals surface area (Å²) in [7, 11) is 0. The van der Waals surface area contributed by atoms with Gasteiger partial charge in [-0.2, -0.15) is 0 Å². The first-order valence-electron chi connectivity index (χ1n) is 19.1. The predicted octanol–water partition coefficient (Wildman–Crippen LogP) is 4.09. The second-order valence-corrected chi connectivity index (χ2v) is 16.9. The van der Waals surface area contributed by atoms with Crippen molar-refractivity contribution in [2.45, 2.75) is 58.6 Å². The molecular weight excluding hydrogens is 757 g/mol. The molecule has 13 nitrogen and oxygen atoms in total. The van der Waals surface area contributed by atoms with Crippen molar-refractivity contribution in [3.8, 4) is 11.5 Å². The largest absolute Gasteiger partial charge is 0.492 e. The molecule has 0 aromatic heterocycles. The van der Waals surface area contributed by atoms with Crippen LogP contribution in [-0.4, -0.2) is 113 Å². The monoisotopic (exact) mass is 806 g/mol. The fourth-order valence-electron chi connectivity index (χ4n) is 7.45. The molecule has 0 saturated carbocycles. The van der Waals surface area contributed by atoms with E-state index < -0.39 is 34.5 Å². The number of carbonyl (C=O) groups is 4. The normalized spacial score (nSPS) is 20.9. The van der Waals surface area contributed by atoms with E-state index in [1.54, 1.807) is 29.2 Å². The average molecular weight is 807 g/mol. The van der Waals surface area contributed by atoms with E-state index in [1.807, 2.05) is 48.5 Å². The lowest BCUT2D eigenvalue weighted by atomic mass is 10.0. The smallest absolute Gasteiger partial charge is 0.345 e. The molecule has 15 heteroatoms. The molecule has 0 radical (unpaired) electrons. The number of rotatable bonds is 20. The van der Waals surface area contributed by atoms with Crippen LogP contribution in [0.15, 0.2) is 82.6 Å². The number of carbonyl (C=O) groups excluding carboxylic acids is 1. The minimum absolute atomic E-state index is 0.0169. The van der Waals surface area contributed by atoms with Gasteiger partial charge in [-0.25, -0.2) is 4.79 Å². The zero-order valence-electron chi connectivity index (χ0n) is 31.1.